The van der Waals surface area contributed by atoms with E-state index in [2.05, 4.69) is 10.1 Å². The molecule has 0 bridgehead atoms. The third-order valence-corrected chi connectivity index (χ3v) is 3.18. The summed E-state index contributed by atoms with van der Waals surface area (Å²) in [6.45, 7) is 5.92. The van der Waals surface area contributed by atoms with Crippen LogP contribution in [0.15, 0.2) is 42.5 Å². The lowest BCUT2D eigenvalue weighted by atomic mass is 10.1. The van der Waals surface area contributed by atoms with Crippen LogP contribution in [0, 0.1) is 6.92 Å². The van der Waals surface area contributed by atoms with Crippen LogP contribution in [-0.2, 0) is 4.74 Å². The lowest BCUT2D eigenvalue weighted by molar-refractivity contribution is 0.0443. The molecule has 0 spiro atoms. The van der Waals surface area contributed by atoms with E-state index in [9.17, 15) is 14.4 Å². The first kappa shape index (κ1) is 16.4. The Kier molecular flexibility index (Phi) is 4.91. The fourth-order valence-electron chi connectivity index (χ4n) is 2.15. The Hall–Kier alpha value is -2.95. The Bertz CT molecular complexity index is 786. The second kappa shape index (κ2) is 6.87. The lowest BCUT2D eigenvalue weighted by Crippen LogP contribution is -2.12. The molecule has 0 atom stereocenters. The van der Waals surface area contributed by atoms with E-state index < -0.39 is 11.9 Å². The molecule has 1 amide bonds. The predicted octanol–water partition coefficient (Wildman–Crippen LogP) is 3.83. The number of rotatable bonds is 2. The first-order chi connectivity index (χ1) is 11.0. The van der Waals surface area contributed by atoms with Gasteiger partial charge in [-0.2, -0.15) is 0 Å². The molecule has 1 heterocycles. The number of hydrogen-bond donors (Lipinski definition) is 1. The first-order valence-corrected chi connectivity index (χ1v) is 7.33. The topological polar surface area (TPSA) is 72.5 Å². The van der Waals surface area contributed by atoms with Crippen LogP contribution in [-0.4, -0.2) is 17.8 Å². The third-order valence-electron chi connectivity index (χ3n) is 3.18. The molecule has 0 aliphatic carbocycles. The van der Waals surface area contributed by atoms with Gasteiger partial charge in [0.25, 0.3) is 5.91 Å². The van der Waals surface area contributed by atoms with Gasteiger partial charge in [0.05, 0.1) is 11.1 Å². The number of benzene rings is 2. The zero-order valence-electron chi connectivity index (χ0n) is 13.2. The summed E-state index contributed by atoms with van der Waals surface area (Å²) in [5.41, 5.74) is 2.29. The van der Waals surface area contributed by atoms with Gasteiger partial charge in [-0.3, -0.25) is 4.79 Å². The maximum Gasteiger partial charge on any atom is 0.346 e. The lowest BCUT2D eigenvalue weighted by Gasteiger charge is -2.06. The molecule has 2 aromatic carbocycles. The molecule has 1 aliphatic rings. The molecule has 0 unspecified atom stereocenters. The van der Waals surface area contributed by atoms with Crippen molar-refractivity contribution in [2.75, 3.05) is 5.32 Å². The van der Waals surface area contributed by atoms with Gasteiger partial charge in [-0.05, 0) is 42.8 Å². The number of carbonyl (C=O) groups excluding carboxylic acids is 3. The highest BCUT2D eigenvalue weighted by Gasteiger charge is 2.30. The van der Waals surface area contributed by atoms with Gasteiger partial charge in [-0.1, -0.05) is 26.0 Å². The van der Waals surface area contributed by atoms with E-state index in [4.69, 9.17) is 0 Å². The van der Waals surface area contributed by atoms with Crippen molar-refractivity contribution >= 4 is 23.5 Å². The van der Waals surface area contributed by atoms with Crippen LogP contribution in [0.25, 0.3) is 0 Å². The molecule has 0 saturated carbocycles. The zero-order chi connectivity index (χ0) is 17.0. The van der Waals surface area contributed by atoms with Gasteiger partial charge in [0.15, 0.2) is 0 Å². The van der Waals surface area contributed by atoms with E-state index in [0.717, 1.165) is 5.56 Å². The van der Waals surface area contributed by atoms with Crippen molar-refractivity contribution in [1.29, 1.82) is 0 Å². The number of aryl methyl sites for hydroxylation is 1. The standard InChI is InChI=1S/C16H11NO4.C2H6.H2/c1-9-3-2-4-11(7-9)17-14(18)10-5-6-12-13(8-10)16(20)21-15(12)19;1-2;/h2-8H,1H3,(H,17,18);1-2H3;1H. The SMILES string of the molecule is CC.Cc1cccc(NC(=O)c2ccc3c(c2)C(=O)OC3=O)c1.[HH]. The van der Waals surface area contributed by atoms with Gasteiger partial charge in [-0.15, -0.1) is 0 Å². The molecule has 0 fully saturated rings. The average molecular weight is 313 g/mol. The molecule has 2 aromatic rings. The molecular weight excluding hydrogens is 294 g/mol. The van der Waals surface area contributed by atoms with Crippen molar-refractivity contribution in [3.05, 3.63) is 64.7 Å². The Morgan fingerprint density at radius 3 is 2.39 bits per heavy atom. The maximum atomic E-state index is 12.2. The number of amides is 1. The number of nitrogens with one attached hydrogen (secondary N) is 1. The number of esters is 2. The number of fused-ring (bicyclic) bond motifs is 1. The summed E-state index contributed by atoms with van der Waals surface area (Å²) in [5, 5.41) is 2.74. The summed E-state index contributed by atoms with van der Waals surface area (Å²) in [4.78, 5) is 35.0. The summed E-state index contributed by atoms with van der Waals surface area (Å²) < 4.78 is 4.49. The number of anilines is 1. The largest absolute Gasteiger partial charge is 0.386 e. The summed E-state index contributed by atoms with van der Waals surface area (Å²) in [5.74, 6) is -1.75. The fourth-order valence-corrected chi connectivity index (χ4v) is 2.15. The Labute approximate surface area is 135 Å². The van der Waals surface area contributed by atoms with Gasteiger partial charge in [0.2, 0.25) is 0 Å². The van der Waals surface area contributed by atoms with Crippen LogP contribution in [0.3, 0.4) is 0 Å². The second-order valence-corrected chi connectivity index (χ2v) is 4.76. The monoisotopic (exact) mass is 313 g/mol. The van der Waals surface area contributed by atoms with Crippen LogP contribution in [0.2, 0.25) is 0 Å². The van der Waals surface area contributed by atoms with E-state index in [1.54, 1.807) is 6.07 Å². The highest BCUT2D eigenvalue weighted by atomic mass is 16.6. The normalized spacial score (nSPS) is 12.0. The van der Waals surface area contributed by atoms with E-state index in [1.807, 2.05) is 39.0 Å². The molecule has 1 N–H and O–H groups in total. The Morgan fingerprint density at radius 2 is 1.70 bits per heavy atom. The van der Waals surface area contributed by atoms with Crippen molar-refractivity contribution in [3.63, 3.8) is 0 Å². The Morgan fingerprint density at radius 1 is 1.00 bits per heavy atom. The molecule has 1 aliphatic heterocycles. The van der Waals surface area contributed by atoms with Crippen molar-refractivity contribution in [2.45, 2.75) is 20.8 Å². The smallest absolute Gasteiger partial charge is 0.346 e. The van der Waals surface area contributed by atoms with Crippen LogP contribution in [0.5, 0.6) is 0 Å². The third kappa shape index (κ3) is 3.45. The molecule has 3 rings (SSSR count). The maximum absolute atomic E-state index is 12.2. The van der Waals surface area contributed by atoms with Crippen molar-refractivity contribution in [3.8, 4) is 0 Å². The molecule has 0 radical (unpaired) electrons. The summed E-state index contributed by atoms with van der Waals surface area (Å²) >= 11 is 0. The van der Waals surface area contributed by atoms with Gasteiger partial charge in [0.1, 0.15) is 0 Å². The molecule has 120 valence electrons. The average Bonchev–Trinajstić information content (AvgIpc) is 2.83. The first-order valence-electron chi connectivity index (χ1n) is 7.33. The van der Waals surface area contributed by atoms with Crippen LogP contribution >= 0.6 is 0 Å². The van der Waals surface area contributed by atoms with Gasteiger partial charge in [0, 0.05) is 12.7 Å². The molecule has 5 heteroatoms. The van der Waals surface area contributed by atoms with Crippen LogP contribution in [0.1, 0.15) is 51.9 Å². The molecule has 23 heavy (non-hydrogen) atoms. The molecule has 0 aromatic heterocycles. The minimum absolute atomic E-state index is 0. The fraction of sp³-hybridized carbons (Fsp3) is 0.167. The van der Waals surface area contributed by atoms with Crippen molar-refractivity contribution in [2.24, 2.45) is 0 Å². The second-order valence-electron chi connectivity index (χ2n) is 4.76. The Balaban J connectivity index is 0.000000925. The summed E-state index contributed by atoms with van der Waals surface area (Å²) in [6, 6.07) is 11.7. The molecule has 0 saturated heterocycles. The van der Waals surface area contributed by atoms with Gasteiger partial charge in [-0.25, -0.2) is 9.59 Å². The van der Waals surface area contributed by atoms with Gasteiger partial charge >= 0.3 is 11.9 Å². The number of carbonyl (C=O) groups is 3. The van der Waals surface area contributed by atoms with Gasteiger partial charge < -0.3 is 10.1 Å². The molecular formula is C18H19NO4. The van der Waals surface area contributed by atoms with E-state index in [-0.39, 0.29) is 18.5 Å². The van der Waals surface area contributed by atoms with Crippen LogP contribution in [0.4, 0.5) is 5.69 Å². The number of ether oxygens (including phenoxy) is 1. The molecule has 5 nitrogen and oxygen atoms in total. The van der Waals surface area contributed by atoms with E-state index >= 15 is 0 Å². The van der Waals surface area contributed by atoms with Crippen LogP contribution < -0.4 is 5.32 Å². The summed E-state index contributed by atoms with van der Waals surface area (Å²) in [7, 11) is 0. The predicted molar refractivity (Wildman–Crippen MR) is 88.8 cm³/mol. The number of cyclic esters (lactones) is 2. The number of hydrogen-bond acceptors (Lipinski definition) is 4. The van der Waals surface area contributed by atoms with E-state index in [0.29, 0.717) is 11.3 Å². The minimum Gasteiger partial charge on any atom is -0.386 e. The summed E-state index contributed by atoms with van der Waals surface area (Å²) in [6.07, 6.45) is 0. The minimum atomic E-state index is -0.722. The highest BCUT2D eigenvalue weighted by Crippen LogP contribution is 2.22. The van der Waals surface area contributed by atoms with Crippen molar-refractivity contribution in [1.82, 2.24) is 0 Å². The quantitative estimate of drug-likeness (QED) is 0.675. The van der Waals surface area contributed by atoms with E-state index in [1.165, 1.54) is 18.2 Å². The van der Waals surface area contributed by atoms with Crippen molar-refractivity contribution < 1.29 is 20.5 Å². The highest BCUT2D eigenvalue weighted by molar-refractivity contribution is 6.16. The zero-order valence-corrected chi connectivity index (χ0v) is 13.2.